The summed E-state index contributed by atoms with van der Waals surface area (Å²) in [5.74, 6) is -1.18. The number of benzene rings is 1. The highest BCUT2D eigenvalue weighted by Gasteiger charge is 2.11. The van der Waals surface area contributed by atoms with Gasteiger partial charge >= 0.3 is 11.7 Å². The van der Waals surface area contributed by atoms with Crippen molar-refractivity contribution in [2.45, 2.75) is 13.5 Å². The van der Waals surface area contributed by atoms with Crippen LogP contribution in [0.2, 0.25) is 0 Å². The van der Waals surface area contributed by atoms with Gasteiger partial charge in [0.2, 0.25) is 0 Å². The lowest BCUT2D eigenvalue weighted by atomic mass is 10.2. The van der Waals surface area contributed by atoms with E-state index in [1.807, 2.05) is 30.3 Å². The van der Waals surface area contributed by atoms with Crippen LogP contribution in [-0.2, 0) is 6.54 Å². The first kappa shape index (κ1) is 12.0. The van der Waals surface area contributed by atoms with Crippen molar-refractivity contribution in [2.24, 2.45) is 0 Å². The zero-order valence-corrected chi connectivity index (χ0v) is 9.83. The van der Waals surface area contributed by atoms with Gasteiger partial charge in [-0.2, -0.15) is 4.98 Å². The van der Waals surface area contributed by atoms with Crippen molar-refractivity contribution in [1.29, 1.82) is 0 Å². The topological polar surface area (TPSA) is 72.2 Å². The summed E-state index contributed by atoms with van der Waals surface area (Å²) in [6, 6.07) is 9.45. The summed E-state index contributed by atoms with van der Waals surface area (Å²) in [5, 5.41) is 8.86. The molecule has 0 amide bonds. The lowest BCUT2D eigenvalue weighted by molar-refractivity contribution is 0.0688. The molecule has 2 aromatic rings. The Morgan fingerprint density at radius 2 is 2.00 bits per heavy atom. The Balaban J connectivity index is 2.39. The Hall–Kier alpha value is -2.43. The summed E-state index contributed by atoms with van der Waals surface area (Å²) in [4.78, 5) is 26.1. The van der Waals surface area contributed by atoms with Crippen molar-refractivity contribution in [3.63, 3.8) is 0 Å². The second-order valence-electron chi connectivity index (χ2n) is 3.97. The molecule has 0 spiro atoms. The fourth-order valence-electron chi connectivity index (χ4n) is 1.71. The van der Waals surface area contributed by atoms with Crippen LogP contribution in [0.1, 0.15) is 21.6 Å². The lowest BCUT2D eigenvalue weighted by Gasteiger charge is -2.07. The van der Waals surface area contributed by atoms with Crippen LogP contribution >= 0.6 is 0 Å². The van der Waals surface area contributed by atoms with E-state index in [2.05, 4.69) is 4.98 Å². The standard InChI is InChI=1S/C13H12N2O3/c1-9-7-15(8-10-5-3-2-4-6-10)13(18)14-11(9)12(16)17/h2-7H,8H2,1H3,(H,16,17). The summed E-state index contributed by atoms with van der Waals surface area (Å²) >= 11 is 0. The maximum Gasteiger partial charge on any atom is 0.355 e. The first-order valence-electron chi connectivity index (χ1n) is 5.43. The second-order valence-corrected chi connectivity index (χ2v) is 3.97. The van der Waals surface area contributed by atoms with Gasteiger partial charge in [-0.05, 0) is 18.1 Å². The number of aryl methyl sites for hydroxylation is 1. The van der Waals surface area contributed by atoms with Gasteiger partial charge in [0, 0.05) is 6.20 Å². The van der Waals surface area contributed by atoms with E-state index in [4.69, 9.17) is 5.11 Å². The van der Waals surface area contributed by atoms with Gasteiger partial charge < -0.3 is 5.11 Å². The normalized spacial score (nSPS) is 10.3. The fraction of sp³-hybridized carbons (Fsp3) is 0.154. The van der Waals surface area contributed by atoms with Crippen molar-refractivity contribution in [2.75, 3.05) is 0 Å². The van der Waals surface area contributed by atoms with Crippen LogP contribution < -0.4 is 5.69 Å². The molecule has 0 fully saturated rings. The fourth-order valence-corrected chi connectivity index (χ4v) is 1.71. The van der Waals surface area contributed by atoms with E-state index in [9.17, 15) is 9.59 Å². The molecule has 1 aromatic carbocycles. The van der Waals surface area contributed by atoms with Gasteiger partial charge in [-0.25, -0.2) is 9.59 Å². The molecule has 92 valence electrons. The summed E-state index contributed by atoms with van der Waals surface area (Å²) < 4.78 is 1.40. The summed E-state index contributed by atoms with van der Waals surface area (Å²) in [7, 11) is 0. The maximum atomic E-state index is 11.7. The third kappa shape index (κ3) is 2.45. The van der Waals surface area contributed by atoms with Crippen LogP contribution in [0.5, 0.6) is 0 Å². The average molecular weight is 244 g/mol. The van der Waals surface area contributed by atoms with Gasteiger partial charge in [-0.3, -0.25) is 4.57 Å². The van der Waals surface area contributed by atoms with E-state index in [-0.39, 0.29) is 5.69 Å². The molecule has 0 bridgehead atoms. The Labute approximate surface area is 103 Å². The van der Waals surface area contributed by atoms with E-state index in [0.717, 1.165) is 5.56 Å². The molecule has 5 nitrogen and oxygen atoms in total. The third-order valence-corrected chi connectivity index (χ3v) is 2.57. The van der Waals surface area contributed by atoms with Crippen molar-refractivity contribution >= 4 is 5.97 Å². The quantitative estimate of drug-likeness (QED) is 0.883. The van der Waals surface area contributed by atoms with Gasteiger partial charge in [0.15, 0.2) is 5.69 Å². The predicted molar refractivity (Wildman–Crippen MR) is 65.7 cm³/mol. The summed E-state index contributed by atoms with van der Waals surface area (Å²) in [6.07, 6.45) is 1.52. The molecular formula is C13H12N2O3. The monoisotopic (exact) mass is 244 g/mol. The van der Waals surface area contributed by atoms with E-state index < -0.39 is 11.7 Å². The van der Waals surface area contributed by atoms with Crippen molar-refractivity contribution in [3.8, 4) is 0 Å². The lowest BCUT2D eigenvalue weighted by Crippen LogP contribution is -2.26. The Morgan fingerprint density at radius 3 is 2.61 bits per heavy atom. The number of aromatic nitrogens is 2. The number of carbonyl (C=O) groups is 1. The SMILES string of the molecule is Cc1cn(Cc2ccccc2)c(=O)nc1C(=O)O. The zero-order chi connectivity index (χ0) is 13.1. The van der Waals surface area contributed by atoms with Gasteiger partial charge in [-0.15, -0.1) is 0 Å². The highest BCUT2D eigenvalue weighted by Crippen LogP contribution is 2.04. The number of hydrogen-bond acceptors (Lipinski definition) is 3. The minimum Gasteiger partial charge on any atom is -0.476 e. The molecule has 5 heteroatoms. The highest BCUT2D eigenvalue weighted by molar-refractivity contribution is 5.86. The smallest absolute Gasteiger partial charge is 0.355 e. The van der Waals surface area contributed by atoms with Crippen LogP contribution in [0.3, 0.4) is 0 Å². The van der Waals surface area contributed by atoms with Crippen molar-refractivity contribution < 1.29 is 9.90 Å². The molecule has 0 radical (unpaired) electrons. The molecule has 0 aliphatic heterocycles. The highest BCUT2D eigenvalue weighted by atomic mass is 16.4. The number of carboxylic acid groups (broad SMARTS) is 1. The Bertz CT molecular complexity index is 632. The molecule has 0 atom stereocenters. The Morgan fingerprint density at radius 1 is 1.33 bits per heavy atom. The molecule has 0 unspecified atom stereocenters. The largest absolute Gasteiger partial charge is 0.476 e. The number of aromatic carboxylic acids is 1. The van der Waals surface area contributed by atoms with Crippen LogP contribution in [-0.4, -0.2) is 20.6 Å². The van der Waals surface area contributed by atoms with Gasteiger partial charge in [-0.1, -0.05) is 30.3 Å². The van der Waals surface area contributed by atoms with E-state index in [1.54, 1.807) is 6.92 Å². The molecule has 18 heavy (non-hydrogen) atoms. The first-order chi connectivity index (χ1) is 8.58. The predicted octanol–water partition coefficient (Wildman–Crippen LogP) is 1.30. The summed E-state index contributed by atoms with van der Waals surface area (Å²) in [6.45, 7) is 2.00. The van der Waals surface area contributed by atoms with Gasteiger partial charge in [0.05, 0.1) is 6.54 Å². The number of nitrogens with zero attached hydrogens (tertiary/aromatic N) is 2. The van der Waals surface area contributed by atoms with E-state index >= 15 is 0 Å². The second kappa shape index (κ2) is 4.83. The molecule has 1 aromatic heterocycles. The molecule has 0 aliphatic carbocycles. The number of carboxylic acids is 1. The molecule has 2 rings (SSSR count). The molecule has 0 saturated heterocycles. The summed E-state index contributed by atoms with van der Waals surface area (Å²) in [5.41, 5.74) is 0.688. The molecule has 1 N–H and O–H groups in total. The van der Waals surface area contributed by atoms with Crippen LogP contribution in [0, 0.1) is 6.92 Å². The first-order valence-corrected chi connectivity index (χ1v) is 5.43. The van der Waals surface area contributed by atoms with Gasteiger partial charge in [0.1, 0.15) is 0 Å². The van der Waals surface area contributed by atoms with Crippen LogP contribution in [0.15, 0.2) is 41.3 Å². The molecular weight excluding hydrogens is 232 g/mol. The number of rotatable bonds is 3. The van der Waals surface area contributed by atoms with Crippen LogP contribution in [0.4, 0.5) is 0 Å². The number of hydrogen-bond donors (Lipinski definition) is 1. The van der Waals surface area contributed by atoms with E-state index in [1.165, 1.54) is 10.8 Å². The van der Waals surface area contributed by atoms with E-state index in [0.29, 0.717) is 12.1 Å². The minimum absolute atomic E-state index is 0.190. The Kier molecular flexibility index (Phi) is 3.23. The van der Waals surface area contributed by atoms with Gasteiger partial charge in [0.25, 0.3) is 0 Å². The minimum atomic E-state index is -1.18. The van der Waals surface area contributed by atoms with Crippen molar-refractivity contribution in [1.82, 2.24) is 9.55 Å². The zero-order valence-electron chi connectivity index (χ0n) is 9.83. The van der Waals surface area contributed by atoms with Crippen molar-refractivity contribution in [3.05, 3.63) is 63.8 Å². The maximum absolute atomic E-state index is 11.7. The molecule has 1 heterocycles. The average Bonchev–Trinajstić information content (AvgIpc) is 2.34. The van der Waals surface area contributed by atoms with Crippen LogP contribution in [0.25, 0.3) is 0 Å². The third-order valence-electron chi connectivity index (χ3n) is 2.57. The molecule has 0 saturated carbocycles. The molecule has 0 aliphatic rings.